The molecule has 0 heterocycles. The summed E-state index contributed by atoms with van der Waals surface area (Å²) in [5, 5.41) is 8.38. The number of hydrogen-bond donors (Lipinski definition) is 1. The van der Waals surface area contributed by atoms with Crippen LogP contribution in [0.1, 0.15) is 25.0 Å². The third-order valence-electron chi connectivity index (χ3n) is 2.65. The summed E-state index contributed by atoms with van der Waals surface area (Å²) >= 11 is 0. The van der Waals surface area contributed by atoms with Gasteiger partial charge < -0.3 is 18.1 Å². The van der Waals surface area contributed by atoms with Crippen molar-refractivity contribution in [3.8, 4) is 6.07 Å². The van der Waals surface area contributed by atoms with Gasteiger partial charge in [-0.1, -0.05) is 6.07 Å². The molecule has 0 saturated carbocycles. The molecular weight excluding hydrogens is 294 g/mol. The average Bonchev–Trinajstić information content (AvgIpc) is 2.44. The van der Waals surface area contributed by atoms with Crippen LogP contribution in [0.4, 0.5) is 8.78 Å². The highest BCUT2D eigenvalue weighted by molar-refractivity contribution is 5.32. The Labute approximate surface area is 132 Å². The molecule has 0 radical (unpaired) electrons. The lowest BCUT2D eigenvalue weighted by molar-refractivity contribution is -0.386. The van der Waals surface area contributed by atoms with Gasteiger partial charge in [0.25, 0.3) is 0 Å². The zero-order valence-corrected chi connectivity index (χ0v) is 12.5. The van der Waals surface area contributed by atoms with Gasteiger partial charge in [-0.15, -0.1) is 0 Å². The van der Waals surface area contributed by atoms with Crippen molar-refractivity contribution in [2.24, 2.45) is 0 Å². The van der Waals surface area contributed by atoms with Gasteiger partial charge in [0.2, 0.25) is 0 Å². The van der Waals surface area contributed by atoms with Crippen molar-refractivity contribution in [3.63, 3.8) is 0 Å². The monoisotopic (exact) mass is 312 g/mol. The lowest BCUT2D eigenvalue weighted by Gasteiger charge is -1.96. The van der Waals surface area contributed by atoms with Gasteiger partial charge in [0.05, 0.1) is 20.9 Å². The summed E-state index contributed by atoms with van der Waals surface area (Å²) in [5.41, 5.74) is 5.18. The molecule has 0 spiro atoms. The molecule has 2 nitrogen and oxygen atoms in total. The van der Waals surface area contributed by atoms with E-state index in [1.165, 1.54) is 36.4 Å². The average molecular weight is 313 g/mol. The smallest absolute Gasteiger partial charge is 0.126 e. The van der Waals surface area contributed by atoms with E-state index in [0.717, 1.165) is 0 Å². The molecule has 5 heteroatoms. The fraction of sp³-hybridized carbons (Fsp3) is 0.188. The molecule has 2 aromatic carbocycles. The summed E-state index contributed by atoms with van der Waals surface area (Å²) in [6, 6.07) is 10.4. The number of halogens is 3. The maximum atomic E-state index is 12.7. The van der Waals surface area contributed by atoms with Crippen LogP contribution in [0.2, 0.25) is 0 Å². The zero-order valence-electron chi connectivity index (χ0n) is 13.8. The van der Waals surface area contributed by atoms with Gasteiger partial charge in [-0.3, -0.25) is 0 Å². The molecule has 0 fully saturated rings. The molecule has 0 unspecified atom stereocenters. The van der Waals surface area contributed by atoms with Crippen LogP contribution >= 0.6 is 0 Å². The number of hydrogen-bond acceptors (Lipinski definition) is 1. The van der Waals surface area contributed by atoms with Crippen molar-refractivity contribution in [1.82, 2.24) is 0 Å². The summed E-state index contributed by atoms with van der Waals surface area (Å²) in [7, 11) is 0. The first kappa shape index (κ1) is 15.4. The van der Waals surface area contributed by atoms with Crippen molar-refractivity contribution in [2.45, 2.75) is 20.3 Å². The minimum atomic E-state index is -1.64. The number of nitriles is 1. The summed E-state index contributed by atoms with van der Waals surface area (Å²) in [4.78, 5) is 0. The van der Waals surface area contributed by atoms with E-state index in [2.05, 4.69) is 5.73 Å². The van der Waals surface area contributed by atoms with Crippen molar-refractivity contribution in [3.05, 3.63) is 70.3 Å². The Balaban J connectivity index is 0.000000409. The number of rotatable bonds is 1. The molecule has 0 atom stereocenters. The van der Waals surface area contributed by atoms with Crippen LogP contribution in [0.5, 0.6) is 0 Å². The van der Waals surface area contributed by atoms with Crippen LogP contribution in [0.25, 0.3) is 0 Å². The predicted octanol–water partition coefficient (Wildman–Crippen LogP) is -0.114. The predicted molar refractivity (Wildman–Crippen MR) is 73.6 cm³/mol. The normalized spacial score (nSPS) is 11.0. The second kappa shape index (κ2) is 9.06. The standard InChI is InChI=1S/C8H10FN.C8H6FN.ClH/c2*1-6-4-7(5-10)2-3-8(6)9;/h2-4H,5,10H2,1H3;2-4H,1H3;1H/i5D2;;. The molecule has 0 aliphatic rings. The summed E-state index contributed by atoms with van der Waals surface area (Å²) in [5.74, 6) is -0.581. The molecule has 0 aliphatic carbocycles. The van der Waals surface area contributed by atoms with Gasteiger partial charge in [-0.2, -0.15) is 5.26 Å². The van der Waals surface area contributed by atoms with E-state index in [1.807, 2.05) is 6.07 Å². The van der Waals surface area contributed by atoms with Crippen LogP contribution in [0, 0.1) is 36.8 Å². The minimum absolute atomic E-state index is 0. The maximum Gasteiger partial charge on any atom is 0.126 e. The molecular formula is C16H17ClF2N2. The molecule has 0 aromatic heterocycles. The molecule has 2 aromatic rings. The van der Waals surface area contributed by atoms with E-state index < -0.39 is 6.50 Å². The summed E-state index contributed by atoms with van der Waals surface area (Å²) in [6.07, 6.45) is 0. The third kappa shape index (κ3) is 5.90. The van der Waals surface area contributed by atoms with Crippen LogP contribution in [0.15, 0.2) is 36.4 Å². The Morgan fingerprint density at radius 3 is 2.05 bits per heavy atom. The Kier molecular flexibility index (Phi) is 6.66. The number of benzene rings is 2. The number of nitrogens with zero attached hydrogens (tertiary/aromatic N) is 1. The van der Waals surface area contributed by atoms with E-state index in [9.17, 15) is 8.78 Å². The Hall–Kier alpha value is -1.96. The zero-order chi connectivity index (χ0) is 16.9. The van der Waals surface area contributed by atoms with E-state index in [1.54, 1.807) is 13.8 Å². The maximum absolute atomic E-state index is 12.7. The molecule has 112 valence electrons. The first-order chi connectivity index (χ1) is 10.1. The Morgan fingerprint density at radius 2 is 1.62 bits per heavy atom. The topological polar surface area (TPSA) is 51.4 Å². The Morgan fingerprint density at radius 1 is 1.10 bits per heavy atom. The van der Waals surface area contributed by atoms with Crippen molar-refractivity contribution in [2.75, 3.05) is 0 Å². The van der Waals surface area contributed by atoms with Gasteiger partial charge in [-0.05, 0) is 55.3 Å². The largest absolute Gasteiger partial charge is 1.00 e. The highest BCUT2D eigenvalue weighted by atomic mass is 35.5. The molecule has 21 heavy (non-hydrogen) atoms. The van der Waals surface area contributed by atoms with Gasteiger partial charge >= 0.3 is 0 Å². The quantitative estimate of drug-likeness (QED) is 0.784. The highest BCUT2D eigenvalue weighted by Gasteiger charge is 1.97. The van der Waals surface area contributed by atoms with E-state index in [4.69, 9.17) is 8.00 Å². The minimum Gasteiger partial charge on any atom is -1.00 e. The van der Waals surface area contributed by atoms with Crippen LogP contribution in [-0.2, 0) is 6.50 Å². The Bertz CT molecular complexity index is 710. The van der Waals surface area contributed by atoms with Gasteiger partial charge in [0.1, 0.15) is 11.6 Å². The number of aryl methyl sites for hydroxylation is 2. The van der Waals surface area contributed by atoms with Gasteiger partial charge in [-0.25, -0.2) is 8.78 Å². The van der Waals surface area contributed by atoms with Crippen LogP contribution < -0.4 is 18.1 Å². The molecule has 0 aliphatic heterocycles. The third-order valence-corrected chi connectivity index (χ3v) is 2.65. The highest BCUT2D eigenvalue weighted by Crippen LogP contribution is 2.08. The van der Waals surface area contributed by atoms with E-state index >= 15 is 0 Å². The fourth-order valence-electron chi connectivity index (χ4n) is 1.47. The van der Waals surface area contributed by atoms with Crippen molar-refractivity contribution < 1.29 is 29.7 Å². The van der Waals surface area contributed by atoms with E-state index in [0.29, 0.717) is 22.3 Å². The molecule has 3 N–H and O–H groups in total. The lowest BCUT2D eigenvalue weighted by Crippen LogP contribution is -3.00. The second-order valence-electron chi connectivity index (χ2n) is 4.22. The van der Waals surface area contributed by atoms with Gasteiger partial charge in [0, 0.05) is 5.56 Å². The first-order valence-electron chi connectivity index (χ1n) is 6.93. The molecule has 2 rings (SSSR count). The molecule has 0 saturated heterocycles. The summed E-state index contributed by atoms with van der Waals surface area (Å²) in [6.45, 7) is 1.60. The fourth-order valence-corrected chi connectivity index (χ4v) is 1.47. The SMILES string of the molecule is Cc1cc(C#N)ccc1F.[2H]C([2H])([NH3+])c1ccc(F)c(C)c1.[Cl-]. The first-order valence-corrected chi connectivity index (χ1v) is 5.93. The molecule has 0 amide bonds. The molecule has 0 bridgehead atoms. The van der Waals surface area contributed by atoms with Gasteiger partial charge in [0.15, 0.2) is 0 Å². The number of quaternary nitrogens is 1. The van der Waals surface area contributed by atoms with Crippen LogP contribution in [-0.4, -0.2) is 0 Å². The van der Waals surface area contributed by atoms with E-state index in [-0.39, 0.29) is 24.0 Å². The van der Waals surface area contributed by atoms with Crippen LogP contribution in [0.3, 0.4) is 0 Å². The summed E-state index contributed by atoms with van der Waals surface area (Å²) < 4.78 is 39.8. The second-order valence-corrected chi connectivity index (χ2v) is 4.22. The lowest BCUT2D eigenvalue weighted by atomic mass is 10.1. The van der Waals surface area contributed by atoms with Crippen molar-refractivity contribution in [1.29, 1.82) is 5.26 Å². The van der Waals surface area contributed by atoms with Crippen molar-refractivity contribution >= 4 is 0 Å².